The molecule has 0 aliphatic carbocycles. The molecule has 2 heterocycles. The highest BCUT2D eigenvalue weighted by molar-refractivity contribution is 7.10. The Morgan fingerprint density at radius 2 is 2.17 bits per heavy atom. The average Bonchev–Trinajstić information content (AvgIpc) is 2.85. The Bertz CT molecular complexity index is 510. The lowest BCUT2D eigenvalue weighted by molar-refractivity contribution is 0.100. The Kier molecular flexibility index (Phi) is 4.44. The molecule has 4 nitrogen and oxygen atoms in total. The molecule has 0 aliphatic rings. The largest absolute Gasteiger partial charge is 0.366 e. The van der Waals surface area contributed by atoms with E-state index < -0.39 is 0 Å². The summed E-state index contributed by atoms with van der Waals surface area (Å²) in [5.74, 6) is -0.366. The third-order valence-corrected chi connectivity index (χ3v) is 3.51. The maximum Gasteiger partial charge on any atom is 0.249 e. The van der Waals surface area contributed by atoms with Gasteiger partial charge in [0.2, 0.25) is 5.91 Å². The van der Waals surface area contributed by atoms with Gasteiger partial charge in [0, 0.05) is 29.2 Å². The molecular formula is C13H15N3OS. The lowest BCUT2D eigenvalue weighted by Gasteiger charge is -2.02. The third kappa shape index (κ3) is 3.65. The van der Waals surface area contributed by atoms with Gasteiger partial charge in [-0.25, -0.2) is 0 Å². The Morgan fingerprint density at radius 3 is 2.83 bits per heavy atom. The van der Waals surface area contributed by atoms with E-state index in [4.69, 9.17) is 5.73 Å². The molecule has 0 bridgehead atoms. The second-order valence-corrected chi connectivity index (χ2v) is 4.94. The first kappa shape index (κ1) is 12.7. The van der Waals surface area contributed by atoms with Crippen LogP contribution in [-0.2, 0) is 13.0 Å². The van der Waals surface area contributed by atoms with E-state index in [1.54, 1.807) is 29.1 Å². The number of nitrogens with one attached hydrogen (secondary N) is 1. The van der Waals surface area contributed by atoms with Gasteiger partial charge < -0.3 is 11.1 Å². The van der Waals surface area contributed by atoms with Gasteiger partial charge in [-0.2, -0.15) is 0 Å². The van der Waals surface area contributed by atoms with Crippen molar-refractivity contribution in [3.63, 3.8) is 0 Å². The van der Waals surface area contributed by atoms with Crippen LogP contribution in [0.2, 0.25) is 0 Å². The number of aromatic nitrogens is 1. The fraction of sp³-hybridized carbons (Fsp3) is 0.231. The maximum absolute atomic E-state index is 10.9. The summed E-state index contributed by atoms with van der Waals surface area (Å²) >= 11 is 1.55. The molecule has 0 unspecified atom stereocenters. The van der Waals surface area contributed by atoms with Crippen molar-refractivity contribution in [2.24, 2.45) is 5.73 Å². The average molecular weight is 261 g/mol. The van der Waals surface area contributed by atoms with Gasteiger partial charge in [-0.3, -0.25) is 9.78 Å². The molecule has 0 radical (unpaired) electrons. The van der Waals surface area contributed by atoms with Gasteiger partial charge in [-0.05, 0) is 36.7 Å². The molecule has 5 heteroatoms. The zero-order valence-electron chi connectivity index (χ0n) is 9.93. The SMILES string of the molecule is NC(=O)c1csc(CNCCc2ccncc2)c1. The van der Waals surface area contributed by atoms with Crippen molar-refractivity contribution in [1.29, 1.82) is 0 Å². The van der Waals surface area contributed by atoms with E-state index in [1.165, 1.54) is 5.56 Å². The van der Waals surface area contributed by atoms with E-state index in [2.05, 4.69) is 10.3 Å². The first-order valence-electron chi connectivity index (χ1n) is 5.72. The summed E-state index contributed by atoms with van der Waals surface area (Å²) in [5.41, 5.74) is 7.05. The Morgan fingerprint density at radius 1 is 1.39 bits per heavy atom. The number of primary amides is 1. The summed E-state index contributed by atoms with van der Waals surface area (Å²) in [4.78, 5) is 16.0. The van der Waals surface area contributed by atoms with Crippen molar-refractivity contribution in [2.75, 3.05) is 6.54 Å². The second-order valence-electron chi connectivity index (χ2n) is 3.95. The first-order chi connectivity index (χ1) is 8.75. The molecule has 0 saturated carbocycles. The maximum atomic E-state index is 10.9. The van der Waals surface area contributed by atoms with E-state index in [1.807, 2.05) is 18.2 Å². The van der Waals surface area contributed by atoms with Crippen LogP contribution in [0.4, 0.5) is 0 Å². The van der Waals surface area contributed by atoms with Gasteiger partial charge >= 0.3 is 0 Å². The van der Waals surface area contributed by atoms with Gasteiger partial charge in [0.05, 0.1) is 5.56 Å². The fourth-order valence-corrected chi connectivity index (χ4v) is 2.44. The van der Waals surface area contributed by atoms with Gasteiger partial charge in [0.15, 0.2) is 0 Å². The van der Waals surface area contributed by atoms with Crippen LogP contribution in [0.5, 0.6) is 0 Å². The predicted molar refractivity (Wildman–Crippen MR) is 72.5 cm³/mol. The van der Waals surface area contributed by atoms with E-state index in [0.717, 1.165) is 24.4 Å². The second kappa shape index (κ2) is 6.28. The van der Waals surface area contributed by atoms with E-state index in [9.17, 15) is 4.79 Å². The molecule has 2 rings (SSSR count). The molecular weight excluding hydrogens is 246 g/mol. The predicted octanol–water partition coefficient (Wildman–Crippen LogP) is 1.57. The monoisotopic (exact) mass is 261 g/mol. The molecule has 1 amide bonds. The van der Waals surface area contributed by atoms with E-state index in [-0.39, 0.29) is 5.91 Å². The Balaban J connectivity index is 1.73. The molecule has 0 spiro atoms. The molecule has 0 saturated heterocycles. The highest BCUT2D eigenvalue weighted by atomic mass is 32.1. The topological polar surface area (TPSA) is 68.0 Å². The van der Waals surface area contributed by atoms with E-state index >= 15 is 0 Å². The third-order valence-electron chi connectivity index (χ3n) is 2.58. The van der Waals surface area contributed by atoms with Gasteiger partial charge in [-0.15, -0.1) is 11.3 Å². The molecule has 0 aliphatic heterocycles. The zero-order valence-corrected chi connectivity index (χ0v) is 10.7. The minimum Gasteiger partial charge on any atom is -0.366 e. The highest BCUT2D eigenvalue weighted by Gasteiger charge is 2.03. The molecule has 0 aromatic carbocycles. The Hall–Kier alpha value is -1.72. The van der Waals surface area contributed by atoms with Crippen LogP contribution < -0.4 is 11.1 Å². The van der Waals surface area contributed by atoms with Gasteiger partial charge in [0.25, 0.3) is 0 Å². The van der Waals surface area contributed by atoms with Crippen LogP contribution in [0.3, 0.4) is 0 Å². The Labute approximate surface area is 110 Å². The molecule has 2 aromatic rings. The number of pyridine rings is 1. The van der Waals surface area contributed by atoms with Crippen molar-refractivity contribution in [1.82, 2.24) is 10.3 Å². The quantitative estimate of drug-likeness (QED) is 0.776. The summed E-state index contributed by atoms with van der Waals surface area (Å²) in [7, 11) is 0. The van der Waals surface area contributed by atoms with Crippen molar-refractivity contribution in [3.8, 4) is 0 Å². The van der Waals surface area contributed by atoms with Crippen LogP contribution in [0.15, 0.2) is 36.0 Å². The fourth-order valence-electron chi connectivity index (χ4n) is 1.60. The minimum atomic E-state index is -0.366. The molecule has 0 fully saturated rings. The molecule has 2 aromatic heterocycles. The number of hydrogen-bond donors (Lipinski definition) is 2. The number of rotatable bonds is 6. The smallest absolute Gasteiger partial charge is 0.249 e. The molecule has 3 N–H and O–H groups in total. The zero-order chi connectivity index (χ0) is 12.8. The number of nitrogens with zero attached hydrogens (tertiary/aromatic N) is 1. The normalized spacial score (nSPS) is 10.4. The number of carbonyl (C=O) groups excluding carboxylic acids is 1. The van der Waals surface area contributed by atoms with Crippen LogP contribution in [0.25, 0.3) is 0 Å². The van der Waals surface area contributed by atoms with Crippen LogP contribution >= 0.6 is 11.3 Å². The summed E-state index contributed by atoms with van der Waals surface area (Å²) in [6, 6.07) is 5.86. The molecule has 18 heavy (non-hydrogen) atoms. The van der Waals surface area contributed by atoms with Gasteiger partial charge in [-0.1, -0.05) is 0 Å². The summed E-state index contributed by atoms with van der Waals surface area (Å²) in [6.07, 6.45) is 4.57. The highest BCUT2D eigenvalue weighted by Crippen LogP contribution is 2.13. The molecule has 94 valence electrons. The van der Waals surface area contributed by atoms with Crippen molar-refractivity contribution < 1.29 is 4.79 Å². The number of hydrogen-bond acceptors (Lipinski definition) is 4. The number of thiophene rings is 1. The lowest BCUT2D eigenvalue weighted by Crippen LogP contribution is -2.16. The van der Waals surface area contributed by atoms with Crippen LogP contribution in [0, 0.1) is 0 Å². The number of nitrogens with two attached hydrogens (primary N) is 1. The van der Waals surface area contributed by atoms with Crippen molar-refractivity contribution in [2.45, 2.75) is 13.0 Å². The summed E-state index contributed by atoms with van der Waals surface area (Å²) in [6.45, 7) is 1.66. The van der Waals surface area contributed by atoms with Crippen LogP contribution in [0.1, 0.15) is 20.8 Å². The lowest BCUT2D eigenvalue weighted by atomic mass is 10.2. The minimum absolute atomic E-state index is 0.366. The molecule has 0 atom stereocenters. The summed E-state index contributed by atoms with van der Waals surface area (Å²) in [5, 5.41) is 5.13. The van der Waals surface area contributed by atoms with Crippen LogP contribution in [-0.4, -0.2) is 17.4 Å². The first-order valence-corrected chi connectivity index (χ1v) is 6.60. The summed E-state index contributed by atoms with van der Waals surface area (Å²) < 4.78 is 0. The number of amides is 1. The van der Waals surface area contributed by atoms with Gasteiger partial charge in [0.1, 0.15) is 0 Å². The van der Waals surface area contributed by atoms with Crippen molar-refractivity contribution in [3.05, 3.63) is 52.0 Å². The van der Waals surface area contributed by atoms with Crippen molar-refractivity contribution >= 4 is 17.2 Å². The number of carbonyl (C=O) groups is 1. The van der Waals surface area contributed by atoms with E-state index in [0.29, 0.717) is 5.56 Å². The standard InChI is InChI=1S/C13H15N3OS/c14-13(17)11-7-12(18-9-11)8-16-6-3-10-1-4-15-5-2-10/h1-2,4-5,7,9,16H,3,6,8H2,(H2,14,17).